The number of carbonyl (C=O) groups is 5. The molecule has 9 heteroatoms. The van der Waals surface area contributed by atoms with Gasteiger partial charge in [-0.25, -0.2) is 4.79 Å². The molecule has 5 amide bonds. The summed E-state index contributed by atoms with van der Waals surface area (Å²) in [6.07, 6.45) is 3.51. The van der Waals surface area contributed by atoms with Crippen LogP contribution >= 0.6 is 0 Å². The summed E-state index contributed by atoms with van der Waals surface area (Å²) in [7, 11) is 0. The van der Waals surface area contributed by atoms with E-state index in [1.807, 2.05) is 12.2 Å². The number of imide groups is 2. The number of urea groups is 1. The number of hydrogen-bond acceptors (Lipinski definition) is 6. The van der Waals surface area contributed by atoms with E-state index in [-0.39, 0.29) is 18.4 Å². The average molecular weight is 349 g/mol. The topological polar surface area (TPSA) is 113 Å². The number of carbonyl (C=O) groups excluding carboxylic acids is 5. The van der Waals surface area contributed by atoms with E-state index in [2.05, 4.69) is 5.32 Å². The van der Waals surface area contributed by atoms with Gasteiger partial charge in [-0.15, -0.1) is 0 Å². The number of hydrogen-bond donors (Lipinski definition) is 1. The Hall–Kier alpha value is -2.71. The van der Waals surface area contributed by atoms with Gasteiger partial charge in [0.05, 0.1) is 11.8 Å². The van der Waals surface area contributed by atoms with Gasteiger partial charge in [-0.05, 0) is 19.8 Å². The SMILES string of the molecule is C[C@H](OC(=O)CN1C(=O)[C@H]2CC=CC[C@H]2C1=O)C(=O)N1CCNC1=O. The van der Waals surface area contributed by atoms with Gasteiger partial charge in [0.2, 0.25) is 11.8 Å². The largest absolute Gasteiger partial charge is 0.451 e. The van der Waals surface area contributed by atoms with Crippen molar-refractivity contribution in [3.63, 3.8) is 0 Å². The van der Waals surface area contributed by atoms with Crippen LogP contribution in [-0.2, 0) is 23.9 Å². The van der Waals surface area contributed by atoms with E-state index in [1.165, 1.54) is 6.92 Å². The Morgan fingerprint density at radius 3 is 2.32 bits per heavy atom. The number of rotatable bonds is 4. The summed E-state index contributed by atoms with van der Waals surface area (Å²) in [5.41, 5.74) is 0. The fourth-order valence-electron chi connectivity index (χ4n) is 3.34. The highest BCUT2D eigenvalue weighted by molar-refractivity contribution is 6.07. The van der Waals surface area contributed by atoms with Crippen LogP contribution in [0.1, 0.15) is 19.8 Å². The minimum Gasteiger partial charge on any atom is -0.451 e. The van der Waals surface area contributed by atoms with Crippen LogP contribution < -0.4 is 5.32 Å². The molecule has 0 aromatic carbocycles. The molecule has 3 aliphatic rings. The van der Waals surface area contributed by atoms with Gasteiger partial charge < -0.3 is 10.1 Å². The van der Waals surface area contributed by atoms with Crippen molar-refractivity contribution in [3.05, 3.63) is 12.2 Å². The zero-order valence-corrected chi connectivity index (χ0v) is 13.8. The Balaban J connectivity index is 1.57. The zero-order valence-electron chi connectivity index (χ0n) is 13.8. The van der Waals surface area contributed by atoms with Gasteiger partial charge in [-0.3, -0.25) is 29.0 Å². The van der Waals surface area contributed by atoms with Crippen LogP contribution in [0.15, 0.2) is 12.2 Å². The fourth-order valence-corrected chi connectivity index (χ4v) is 3.34. The van der Waals surface area contributed by atoms with Crippen molar-refractivity contribution >= 4 is 29.7 Å². The van der Waals surface area contributed by atoms with E-state index in [0.717, 1.165) is 9.80 Å². The first kappa shape index (κ1) is 17.1. The molecular formula is C16H19N3O6. The third-order valence-electron chi connectivity index (χ3n) is 4.66. The number of likely N-dealkylation sites (tertiary alicyclic amines) is 1. The minimum absolute atomic E-state index is 0.207. The predicted molar refractivity (Wildman–Crippen MR) is 82.7 cm³/mol. The van der Waals surface area contributed by atoms with Crippen molar-refractivity contribution in [1.29, 1.82) is 0 Å². The van der Waals surface area contributed by atoms with Crippen molar-refractivity contribution in [2.24, 2.45) is 11.8 Å². The molecule has 0 bridgehead atoms. The van der Waals surface area contributed by atoms with Gasteiger partial charge >= 0.3 is 12.0 Å². The second kappa shape index (κ2) is 6.66. The molecule has 2 aliphatic heterocycles. The Kier molecular flexibility index (Phi) is 4.56. The summed E-state index contributed by atoms with van der Waals surface area (Å²) in [4.78, 5) is 62.1. The van der Waals surface area contributed by atoms with Gasteiger partial charge in [-0.1, -0.05) is 12.2 Å². The lowest BCUT2D eigenvalue weighted by Gasteiger charge is -2.19. The van der Waals surface area contributed by atoms with Crippen molar-refractivity contribution in [2.45, 2.75) is 25.9 Å². The van der Waals surface area contributed by atoms with E-state index >= 15 is 0 Å². The van der Waals surface area contributed by atoms with Gasteiger partial charge in [0.1, 0.15) is 6.54 Å². The van der Waals surface area contributed by atoms with Crippen LogP contribution in [0.25, 0.3) is 0 Å². The van der Waals surface area contributed by atoms with Gasteiger partial charge in [0, 0.05) is 13.1 Å². The summed E-state index contributed by atoms with van der Waals surface area (Å²) in [6, 6.07) is -0.533. The van der Waals surface area contributed by atoms with E-state index in [1.54, 1.807) is 0 Å². The van der Waals surface area contributed by atoms with E-state index in [9.17, 15) is 24.0 Å². The first-order valence-electron chi connectivity index (χ1n) is 8.19. The number of ether oxygens (including phenoxy) is 1. The minimum atomic E-state index is -1.17. The standard InChI is InChI=1S/C16H19N3O6/c1-9(13(21)18-7-6-17-16(18)24)25-12(20)8-19-14(22)10-4-2-3-5-11(10)15(19)23/h2-3,9-11H,4-8H2,1H3,(H,17,24)/t9-,10-,11+/m0/s1. The molecule has 0 aromatic heterocycles. The number of nitrogens with one attached hydrogen (secondary N) is 1. The lowest BCUT2D eigenvalue weighted by molar-refractivity contribution is -0.161. The molecule has 134 valence electrons. The molecule has 0 saturated carbocycles. The maximum atomic E-state index is 12.3. The number of fused-ring (bicyclic) bond motifs is 1. The molecular weight excluding hydrogens is 330 g/mol. The molecule has 25 heavy (non-hydrogen) atoms. The summed E-state index contributed by atoms with van der Waals surface area (Å²) >= 11 is 0. The molecule has 3 atom stereocenters. The lowest BCUT2D eigenvalue weighted by atomic mass is 9.85. The molecule has 2 saturated heterocycles. The van der Waals surface area contributed by atoms with Crippen molar-refractivity contribution in [2.75, 3.05) is 19.6 Å². The van der Waals surface area contributed by atoms with Crippen LogP contribution in [0.2, 0.25) is 0 Å². The van der Waals surface area contributed by atoms with Crippen LogP contribution in [0, 0.1) is 11.8 Å². The molecule has 0 spiro atoms. The van der Waals surface area contributed by atoms with Gasteiger partial charge in [0.25, 0.3) is 5.91 Å². The highest BCUT2D eigenvalue weighted by atomic mass is 16.5. The Bertz CT molecular complexity index is 647. The molecule has 0 radical (unpaired) electrons. The lowest BCUT2D eigenvalue weighted by Crippen LogP contribution is -2.43. The molecule has 2 heterocycles. The Morgan fingerprint density at radius 2 is 1.80 bits per heavy atom. The normalized spacial score (nSPS) is 26.5. The molecule has 0 aromatic rings. The summed E-state index contributed by atoms with van der Waals surface area (Å²) < 4.78 is 5.01. The number of nitrogens with zero attached hydrogens (tertiary/aromatic N) is 2. The van der Waals surface area contributed by atoms with Gasteiger partial charge in [0.15, 0.2) is 6.10 Å². The van der Waals surface area contributed by atoms with Crippen molar-refractivity contribution in [1.82, 2.24) is 15.1 Å². The second-order valence-corrected chi connectivity index (χ2v) is 6.27. The maximum Gasteiger partial charge on any atom is 0.326 e. The van der Waals surface area contributed by atoms with Gasteiger partial charge in [-0.2, -0.15) is 0 Å². The second-order valence-electron chi connectivity index (χ2n) is 6.27. The summed E-state index contributed by atoms with van der Waals surface area (Å²) in [6.45, 7) is 1.38. The van der Waals surface area contributed by atoms with Crippen molar-refractivity contribution < 1.29 is 28.7 Å². The molecule has 3 rings (SSSR count). The third-order valence-corrected chi connectivity index (χ3v) is 4.66. The number of amides is 5. The molecule has 0 unspecified atom stereocenters. The number of esters is 1. The molecule has 1 aliphatic carbocycles. The first-order chi connectivity index (χ1) is 11.9. The predicted octanol–water partition coefficient (Wildman–Crippen LogP) is -0.579. The monoisotopic (exact) mass is 349 g/mol. The zero-order chi connectivity index (χ0) is 18.1. The molecule has 1 N–H and O–H groups in total. The highest BCUT2D eigenvalue weighted by Gasteiger charge is 2.48. The maximum absolute atomic E-state index is 12.3. The first-order valence-corrected chi connectivity index (χ1v) is 8.19. The third kappa shape index (κ3) is 3.13. The average Bonchev–Trinajstić information content (AvgIpc) is 3.12. The van der Waals surface area contributed by atoms with Crippen LogP contribution in [-0.4, -0.2) is 65.3 Å². The molecule has 2 fully saturated rings. The Labute approximate surface area is 143 Å². The Morgan fingerprint density at radius 1 is 1.20 bits per heavy atom. The number of allylic oxidation sites excluding steroid dienone is 2. The highest BCUT2D eigenvalue weighted by Crippen LogP contribution is 2.34. The van der Waals surface area contributed by atoms with Crippen LogP contribution in [0.4, 0.5) is 4.79 Å². The van der Waals surface area contributed by atoms with E-state index in [4.69, 9.17) is 4.74 Å². The fraction of sp³-hybridized carbons (Fsp3) is 0.562. The van der Waals surface area contributed by atoms with Crippen molar-refractivity contribution in [3.8, 4) is 0 Å². The van der Waals surface area contributed by atoms with E-state index < -0.39 is 42.4 Å². The van der Waals surface area contributed by atoms with Crippen LogP contribution in [0.3, 0.4) is 0 Å². The summed E-state index contributed by atoms with van der Waals surface area (Å²) in [5, 5.41) is 2.48. The molecule has 9 nitrogen and oxygen atoms in total. The van der Waals surface area contributed by atoms with E-state index in [0.29, 0.717) is 19.4 Å². The van der Waals surface area contributed by atoms with Crippen LogP contribution in [0.5, 0.6) is 0 Å². The summed E-state index contributed by atoms with van der Waals surface area (Å²) in [5.74, 6) is -3.09. The smallest absolute Gasteiger partial charge is 0.326 e. The quantitative estimate of drug-likeness (QED) is 0.413.